The molecule has 0 spiro atoms. The molecule has 1 amide bonds. The monoisotopic (exact) mass is 270 g/mol. The molecule has 1 saturated heterocycles. The first kappa shape index (κ1) is 16.4. The average Bonchev–Trinajstić information content (AvgIpc) is 2.46. The third-order valence-corrected chi connectivity index (χ3v) is 4.09. The summed E-state index contributed by atoms with van der Waals surface area (Å²) in [6.45, 7) is 3.55. The Morgan fingerprint density at radius 2 is 2.05 bits per heavy atom. The van der Waals surface area contributed by atoms with Crippen LogP contribution < -0.4 is 5.73 Å². The molecule has 2 unspecified atom stereocenters. The Kier molecular flexibility index (Phi) is 8.07. The highest BCUT2D eigenvalue weighted by Crippen LogP contribution is 2.20. The van der Waals surface area contributed by atoms with E-state index < -0.39 is 0 Å². The lowest BCUT2D eigenvalue weighted by Crippen LogP contribution is -2.51. The van der Waals surface area contributed by atoms with Crippen LogP contribution in [0.25, 0.3) is 0 Å². The molecule has 0 radical (unpaired) electrons. The molecule has 2 N–H and O–H groups in total. The van der Waals surface area contributed by atoms with Crippen LogP contribution >= 0.6 is 0 Å². The summed E-state index contributed by atoms with van der Waals surface area (Å²) in [6, 6.07) is 0.168. The normalized spacial score (nSPS) is 23.6. The first-order chi connectivity index (χ1) is 9.22. The van der Waals surface area contributed by atoms with E-state index >= 15 is 0 Å². The number of hydrogen-bond acceptors (Lipinski definition) is 3. The summed E-state index contributed by atoms with van der Waals surface area (Å²) in [6.07, 6.45) is 8.72. The Bertz CT molecular complexity index is 259. The third-order valence-electron chi connectivity index (χ3n) is 4.09. The van der Waals surface area contributed by atoms with Crippen LogP contribution in [0, 0.1) is 0 Å². The molecule has 0 aromatic heterocycles. The Morgan fingerprint density at radius 1 is 1.32 bits per heavy atom. The van der Waals surface area contributed by atoms with Gasteiger partial charge in [0, 0.05) is 32.7 Å². The maximum Gasteiger partial charge on any atom is 0.222 e. The predicted octanol–water partition coefficient (Wildman–Crippen LogP) is 2.31. The maximum absolute atomic E-state index is 12.2. The number of piperidine rings is 1. The van der Waals surface area contributed by atoms with Crippen molar-refractivity contribution in [2.45, 2.75) is 70.4 Å². The number of carbonyl (C=O) groups excluding carboxylic acids is 1. The van der Waals surface area contributed by atoms with Gasteiger partial charge in [0.1, 0.15) is 0 Å². The van der Waals surface area contributed by atoms with Crippen LogP contribution in [0.5, 0.6) is 0 Å². The number of ether oxygens (including phenoxy) is 1. The number of rotatable bonds is 8. The Balaban J connectivity index is 2.30. The molecule has 0 aromatic carbocycles. The summed E-state index contributed by atoms with van der Waals surface area (Å²) in [5.41, 5.74) is 5.79. The molecule has 0 aliphatic carbocycles. The largest absolute Gasteiger partial charge is 0.381 e. The highest BCUT2D eigenvalue weighted by atomic mass is 16.5. The van der Waals surface area contributed by atoms with Crippen molar-refractivity contribution in [2.24, 2.45) is 5.73 Å². The fourth-order valence-electron chi connectivity index (χ4n) is 2.80. The first-order valence-electron chi connectivity index (χ1n) is 7.75. The number of unbranched alkanes of at least 4 members (excludes halogenated alkanes) is 4. The van der Waals surface area contributed by atoms with E-state index in [-0.39, 0.29) is 18.1 Å². The fraction of sp³-hybridized carbons (Fsp3) is 0.933. The average molecular weight is 270 g/mol. The Morgan fingerprint density at radius 3 is 2.68 bits per heavy atom. The van der Waals surface area contributed by atoms with Gasteiger partial charge in [0.2, 0.25) is 5.91 Å². The highest BCUT2D eigenvalue weighted by molar-refractivity contribution is 5.76. The number of nitrogens with two attached hydrogens (primary N) is 1. The minimum atomic E-state index is 0.168. The summed E-state index contributed by atoms with van der Waals surface area (Å²) in [4.78, 5) is 14.2. The van der Waals surface area contributed by atoms with Crippen molar-refractivity contribution in [1.82, 2.24) is 4.90 Å². The van der Waals surface area contributed by atoms with E-state index in [0.29, 0.717) is 13.0 Å². The van der Waals surface area contributed by atoms with Crippen molar-refractivity contribution in [3.8, 4) is 0 Å². The van der Waals surface area contributed by atoms with Crippen LogP contribution in [0.2, 0.25) is 0 Å². The zero-order valence-corrected chi connectivity index (χ0v) is 12.6. The summed E-state index contributed by atoms with van der Waals surface area (Å²) < 4.78 is 5.38. The van der Waals surface area contributed by atoms with E-state index in [1.807, 2.05) is 4.90 Å². The van der Waals surface area contributed by atoms with E-state index in [1.165, 1.54) is 25.7 Å². The van der Waals surface area contributed by atoms with Crippen molar-refractivity contribution in [1.29, 1.82) is 0 Å². The van der Waals surface area contributed by atoms with Gasteiger partial charge in [-0.3, -0.25) is 4.79 Å². The lowest BCUT2D eigenvalue weighted by atomic mass is 9.98. The van der Waals surface area contributed by atoms with Gasteiger partial charge in [-0.1, -0.05) is 32.6 Å². The van der Waals surface area contributed by atoms with Crippen molar-refractivity contribution in [3.63, 3.8) is 0 Å². The molecule has 4 heteroatoms. The SMILES string of the molecule is CCCCCCCC(=O)N1CCC(OC)CC1CN. The van der Waals surface area contributed by atoms with Gasteiger partial charge in [-0.05, 0) is 19.3 Å². The number of nitrogens with zero attached hydrogens (tertiary/aromatic N) is 1. The van der Waals surface area contributed by atoms with Crippen LogP contribution in [0.4, 0.5) is 0 Å². The number of amides is 1. The summed E-state index contributed by atoms with van der Waals surface area (Å²) in [5.74, 6) is 0.279. The second-order valence-corrected chi connectivity index (χ2v) is 5.52. The Hall–Kier alpha value is -0.610. The summed E-state index contributed by atoms with van der Waals surface area (Å²) in [7, 11) is 1.74. The number of hydrogen-bond donors (Lipinski definition) is 1. The zero-order chi connectivity index (χ0) is 14.1. The fourth-order valence-corrected chi connectivity index (χ4v) is 2.80. The molecule has 2 atom stereocenters. The van der Waals surface area contributed by atoms with E-state index in [2.05, 4.69) is 6.92 Å². The predicted molar refractivity (Wildman–Crippen MR) is 78.0 cm³/mol. The molecule has 1 heterocycles. The highest BCUT2D eigenvalue weighted by Gasteiger charge is 2.30. The van der Waals surface area contributed by atoms with E-state index in [9.17, 15) is 4.79 Å². The van der Waals surface area contributed by atoms with Crippen LogP contribution in [-0.4, -0.2) is 43.2 Å². The number of likely N-dealkylation sites (tertiary alicyclic amines) is 1. The van der Waals surface area contributed by atoms with Gasteiger partial charge in [-0.15, -0.1) is 0 Å². The molecule has 0 bridgehead atoms. The second-order valence-electron chi connectivity index (χ2n) is 5.52. The molecule has 0 aromatic rings. The third kappa shape index (κ3) is 5.49. The molecule has 4 nitrogen and oxygen atoms in total. The van der Waals surface area contributed by atoms with Crippen molar-refractivity contribution in [3.05, 3.63) is 0 Å². The van der Waals surface area contributed by atoms with Crippen LogP contribution in [-0.2, 0) is 9.53 Å². The molecule has 1 fully saturated rings. The maximum atomic E-state index is 12.2. The van der Waals surface area contributed by atoms with Crippen molar-refractivity contribution < 1.29 is 9.53 Å². The summed E-state index contributed by atoms with van der Waals surface area (Å²) in [5, 5.41) is 0. The topological polar surface area (TPSA) is 55.6 Å². The second kappa shape index (κ2) is 9.32. The molecule has 1 rings (SSSR count). The molecular formula is C15H30N2O2. The zero-order valence-electron chi connectivity index (χ0n) is 12.6. The molecule has 0 saturated carbocycles. The van der Waals surface area contributed by atoms with Gasteiger partial charge < -0.3 is 15.4 Å². The molecule has 1 aliphatic heterocycles. The van der Waals surface area contributed by atoms with E-state index in [0.717, 1.165) is 25.8 Å². The van der Waals surface area contributed by atoms with Gasteiger partial charge in [0.05, 0.1) is 6.10 Å². The minimum Gasteiger partial charge on any atom is -0.381 e. The molecular weight excluding hydrogens is 240 g/mol. The van der Waals surface area contributed by atoms with Crippen LogP contribution in [0.1, 0.15) is 58.3 Å². The molecule has 112 valence electrons. The van der Waals surface area contributed by atoms with Crippen LogP contribution in [0.15, 0.2) is 0 Å². The van der Waals surface area contributed by atoms with Gasteiger partial charge in [-0.2, -0.15) is 0 Å². The molecule has 1 aliphatic rings. The minimum absolute atomic E-state index is 0.168. The van der Waals surface area contributed by atoms with Gasteiger partial charge in [-0.25, -0.2) is 0 Å². The first-order valence-corrected chi connectivity index (χ1v) is 7.75. The van der Waals surface area contributed by atoms with Gasteiger partial charge in [0.15, 0.2) is 0 Å². The smallest absolute Gasteiger partial charge is 0.222 e. The summed E-state index contributed by atoms with van der Waals surface area (Å²) >= 11 is 0. The quantitative estimate of drug-likeness (QED) is 0.689. The molecule has 19 heavy (non-hydrogen) atoms. The van der Waals surface area contributed by atoms with E-state index in [4.69, 9.17) is 10.5 Å². The van der Waals surface area contributed by atoms with Gasteiger partial charge in [0.25, 0.3) is 0 Å². The Labute approximate surface area is 117 Å². The standard InChI is InChI=1S/C15H30N2O2/c1-3-4-5-6-7-8-15(18)17-10-9-14(19-2)11-13(17)12-16/h13-14H,3-12,16H2,1-2H3. The van der Waals surface area contributed by atoms with Crippen LogP contribution in [0.3, 0.4) is 0 Å². The lowest BCUT2D eigenvalue weighted by Gasteiger charge is -2.38. The van der Waals surface area contributed by atoms with E-state index in [1.54, 1.807) is 7.11 Å². The van der Waals surface area contributed by atoms with Crippen molar-refractivity contribution in [2.75, 3.05) is 20.2 Å². The lowest BCUT2D eigenvalue weighted by molar-refractivity contribution is -0.136. The number of methoxy groups -OCH3 is 1. The van der Waals surface area contributed by atoms with Gasteiger partial charge >= 0.3 is 0 Å². The van der Waals surface area contributed by atoms with Crippen molar-refractivity contribution >= 4 is 5.91 Å². The number of carbonyl (C=O) groups is 1.